The maximum atomic E-state index is 13.3. The summed E-state index contributed by atoms with van der Waals surface area (Å²) in [5.74, 6) is -4.56. The molecule has 4 aliphatic rings. The van der Waals surface area contributed by atoms with Crippen LogP contribution in [0.2, 0.25) is 0 Å². The molecule has 4 fully saturated rings. The zero-order valence-electron chi connectivity index (χ0n) is 11.4. The Morgan fingerprint density at radius 3 is 1.90 bits per heavy atom. The Morgan fingerprint density at radius 2 is 1.50 bits per heavy atom. The van der Waals surface area contributed by atoms with Crippen molar-refractivity contribution in [3.8, 4) is 0 Å². The Bertz CT molecular complexity index is 384. The molecule has 4 aliphatic carbocycles. The first-order chi connectivity index (χ1) is 9.30. The molecule has 114 valence electrons. The molecule has 0 atom stereocenters. The summed E-state index contributed by atoms with van der Waals surface area (Å²) in [5.41, 5.74) is 0. The second-order valence-corrected chi connectivity index (χ2v) is 6.76. The van der Waals surface area contributed by atoms with Gasteiger partial charge in [-0.05, 0) is 55.8 Å². The molecule has 0 radical (unpaired) electrons. The minimum absolute atomic E-state index is 0.216. The average Bonchev–Trinajstić information content (AvgIpc) is 2.35. The summed E-state index contributed by atoms with van der Waals surface area (Å²) in [6, 6.07) is -0.278. The van der Waals surface area contributed by atoms with Crippen molar-refractivity contribution >= 4 is 5.91 Å². The standard InChI is InChI=1S/C14H19F4NO/c1-19(13(20)14(17,18)12(15)16)11-9-3-7-2-8(5-9)6-10(11)4-7/h7-12H,2-6H2,1H3. The van der Waals surface area contributed by atoms with Crippen LogP contribution in [0.1, 0.15) is 32.1 Å². The van der Waals surface area contributed by atoms with E-state index >= 15 is 0 Å². The lowest BCUT2D eigenvalue weighted by Crippen LogP contribution is -2.59. The van der Waals surface area contributed by atoms with E-state index in [0.717, 1.165) is 30.6 Å². The molecule has 4 bridgehead atoms. The van der Waals surface area contributed by atoms with Crippen LogP contribution in [0, 0.1) is 23.7 Å². The Morgan fingerprint density at radius 1 is 1.05 bits per heavy atom. The molecule has 0 aromatic heterocycles. The fourth-order valence-corrected chi connectivity index (χ4v) is 4.99. The summed E-state index contributed by atoms with van der Waals surface area (Å²) in [6.07, 6.45) is 1.09. The van der Waals surface area contributed by atoms with Gasteiger partial charge in [0.2, 0.25) is 0 Å². The molecular formula is C14H19F4NO. The lowest BCUT2D eigenvalue weighted by molar-refractivity contribution is -0.187. The van der Waals surface area contributed by atoms with Crippen LogP contribution in [0.15, 0.2) is 0 Å². The summed E-state index contributed by atoms with van der Waals surface area (Å²) in [6.45, 7) is 0. The first kappa shape index (κ1) is 14.1. The minimum Gasteiger partial charge on any atom is -0.337 e. The lowest BCUT2D eigenvalue weighted by Gasteiger charge is -2.56. The van der Waals surface area contributed by atoms with Crippen molar-refractivity contribution in [2.75, 3.05) is 7.05 Å². The smallest absolute Gasteiger partial charge is 0.337 e. The summed E-state index contributed by atoms with van der Waals surface area (Å²) < 4.78 is 51.2. The normalized spacial score (nSPS) is 39.4. The Labute approximate surface area is 115 Å². The van der Waals surface area contributed by atoms with Gasteiger partial charge in [0.15, 0.2) is 0 Å². The van der Waals surface area contributed by atoms with E-state index in [2.05, 4.69) is 0 Å². The lowest BCUT2D eigenvalue weighted by atomic mass is 9.54. The summed E-state index contributed by atoms with van der Waals surface area (Å²) in [5, 5.41) is 0. The molecule has 0 saturated heterocycles. The molecule has 0 aromatic rings. The van der Waals surface area contributed by atoms with Crippen molar-refractivity contribution in [3.63, 3.8) is 0 Å². The van der Waals surface area contributed by atoms with E-state index in [1.165, 1.54) is 13.5 Å². The van der Waals surface area contributed by atoms with Gasteiger partial charge in [-0.15, -0.1) is 0 Å². The summed E-state index contributed by atoms with van der Waals surface area (Å²) in [7, 11) is 1.27. The van der Waals surface area contributed by atoms with E-state index in [4.69, 9.17) is 0 Å². The second-order valence-electron chi connectivity index (χ2n) is 6.76. The van der Waals surface area contributed by atoms with Crippen LogP contribution in [0.25, 0.3) is 0 Å². The molecule has 0 heterocycles. The number of amides is 1. The maximum absolute atomic E-state index is 13.3. The van der Waals surface area contributed by atoms with Crippen LogP contribution >= 0.6 is 0 Å². The third kappa shape index (κ3) is 2.02. The van der Waals surface area contributed by atoms with Crippen LogP contribution < -0.4 is 0 Å². The fraction of sp³-hybridized carbons (Fsp3) is 0.929. The fourth-order valence-electron chi connectivity index (χ4n) is 4.99. The number of nitrogens with zero attached hydrogens (tertiary/aromatic N) is 1. The van der Waals surface area contributed by atoms with Gasteiger partial charge < -0.3 is 4.90 Å². The largest absolute Gasteiger partial charge is 0.383 e. The molecule has 4 rings (SSSR count). The first-order valence-corrected chi connectivity index (χ1v) is 7.24. The SMILES string of the molecule is CN(C(=O)C(F)(F)C(F)F)C1C2CC3CC(C2)CC1C3. The summed E-state index contributed by atoms with van der Waals surface area (Å²) >= 11 is 0. The van der Waals surface area contributed by atoms with Crippen LogP contribution in [-0.4, -0.2) is 36.2 Å². The highest BCUT2D eigenvalue weighted by Crippen LogP contribution is 2.55. The number of rotatable bonds is 3. The van der Waals surface area contributed by atoms with Gasteiger partial charge in [0.05, 0.1) is 0 Å². The van der Waals surface area contributed by atoms with E-state index in [0.29, 0.717) is 11.8 Å². The molecule has 4 saturated carbocycles. The Balaban J connectivity index is 1.77. The van der Waals surface area contributed by atoms with Crippen molar-refractivity contribution in [2.24, 2.45) is 23.7 Å². The second kappa shape index (κ2) is 4.60. The number of hydrogen-bond acceptors (Lipinski definition) is 1. The molecule has 20 heavy (non-hydrogen) atoms. The molecule has 0 N–H and O–H groups in total. The van der Waals surface area contributed by atoms with Crippen molar-refractivity contribution in [1.29, 1.82) is 0 Å². The molecule has 6 heteroatoms. The third-order valence-corrected chi connectivity index (χ3v) is 5.50. The quantitative estimate of drug-likeness (QED) is 0.732. The molecule has 0 aliphatic heterocycles. The number of halogens is 4. The van der Waals surface area contributed by atoms with Crippen molar-refractivity contribution < 1.29 is 22.4 Å². The van der Waals surface area contributed by atoms with Gasteiger partial charge in [-0.1, -0.05) is 0 Å². The van der Waals surface area contributed by atoms with Gasteiger partial charge in [0, 0.05) is 13.1 Å². The van der Waals surface area contributed by atoms with E-state index in [1.807, 2.05) is 0 Å². The van der Waals surface area contributed by atoms with Gasteiger partial charge in [-0.25, -0.2) is 8.78 Å². The highest BCUT2D eigenvalue weighted by molar-refractivity contribution is 5.84. The Kier molecular flexibility index (Phi) is 3.25. The van der Waals surface area contributed by atoms with Crippen LogP contribution in [0.3, 0.4) is 0 Å². The predicted molar refractivity (Wildman–Crippen MR) is 64.6 cm³/mol. The first-order valence-electron chi connectivity index (χ1n) is 7.24. The van der Waals surface area contributed by atoms with Crippen LogP contribution in [0.5, 0.6) is 0 Å². The zero-order valence-corrected chi connectivity index (χ0v) is 11.4. The van der Waals surface area contributed by atoms with Gasteiger partial charge >= 0.3 is 12.3 Å². The van der Waals surface area contributed by atoms with Crippen LogP contribution in [-0.2, 0) is 4.79 Å². The molecule has 0 spiro atoms. The van der Waals surface area contributed by atoms with Gasteiger partial charge in [-0.3, -0.25) is 4.79 Å². The van der Waals surface area contributed by atoms with E-state index in [1.54, 1.807) is 0 Å². The van der Waals surface area contributed by atoms with Crippen molar-refractivity contribution in [1.82, 2.24) is 4.90 Å². The maximum Gasteiger partial charge on any atom is 0.383 e. The summed E-state index contributed by atoms with van der Waals surface area (Å²) in [4.78, 5) is 12.7. The zero-order chi connectivity index (χ0) is 14.7. The topological polar surface area (TPSA) is 20.3 Å². The molecule has 1 amide bonds. The molecule has 0 aromatic carbocycles. The monoisotopic (exact) mass is 293 g/mol. The number of carbonyl (C=O) groups excluding carboxylic acids is 1. The highest BCUT2D eigenvalue weighted by Gasteiger charge is 2.56. The van der Waals surface area contributed by atoms with Crippen molar-refractivity contribution in [2.45, 2.75) is 50.5 Å². The van der Waals surface area contributed by atoms with Gasteiger partial charge in [0.1, 0.15) is 0 Å². The highest BCUT2D eigenvalue weighted by atomic mass is 19.3. The number of carbonyl (C=O) groups is 1. The van der Waals surface area contributed by atoms with Gasteiger partial charge in [-0.2, -0.15) is 8.78 Å². The minimum atomic E-state index is -4.57. The van der Waals surface area contributed by atoms with Crippen LogP contribution in [0.4, 0.5) is 17.6 Å². The van der Waals surface area contributed by atoms with Gasteiger partial charge in [0.25, 0.3) is 5.91 Å². The average molecular weight is 293 g/mol. The van der Waals surface area contributed by atoms with E-state index in [9.17, 15) is 22.4 Å². The predicted octanol–water partition coefficient (Wildman–Crippen LogP) is 3.17. The molecule has 2 nitrogen and oxygen atoms in total. The van der Waals surface area contributed by atoms with Crippen molar-refractivity contribution in [3.05, 3.63) is 0 Å². The third-order valence-electron chi connectivity index (χ3n) is 5.50. The number of hydrogen-bond donors (Lipinski definition) is 0. The molecule has 0 unspecified atom stereocenters. The van der Waals surface area contributed by atoms with E-state index in [-0.39, 0.29) is 17.9 Å². The van der Waals surface area contributed by atoms with E-state index < -0.39 is 18.3 Å². The Hall–Kier alpha value is -0.810. The number of alkyl halides is 4. The molecular weight excluding hydrogens is 274 g/mol.